The molecular weight excluding hydrogens is 340 g/mol. The lowest BCUT2D eigenvalue weighted by molar-refractivity contribution is 0.0636. The van der Waals surface area contributed by atoms with Crippen LogP contribution in [-0.2, 0) is 11.8 Å². The molecule has 1 aliphatic rings. The molecule has 1 aromatic carbocycles. The fourth-order valence-electron chi connectivity index (χ4n) is 3.21. The van der Waals surface area contributed by atoms with Crippen molar-refractivity contribution in [2.75, 3.05) is 32.7 Å². The summed E-state index contributed by atoms with van der Waals surface area (Å²) in [4.78, 5) is 36.2. The summed E-state index contributed by atoms with van der Waals surface area (Å²) < 4.78 is 0. The molecule has 6 nitrogen and oxygen atoms in total. The second kappa shape index (κ2) is 8.05. The lowest BCUT2D eigenvalue weighted by atomic mass is 9.96. The van der Waals surface area contributed by atoms with Gasteiger partial charge in [0.25, 0.3) is 11.5 Å². The van der Waals surface area contributed by atoms with Crippen LogP contribution in [0, 0.1) is 0 Å². The molecule has 0 radical (unpaired) electrons. The molecule has 3 rings (SSSR count). The molecule has 144 valence electrons. The molecule has 0 aliphatic carbocycles. The Labute approximate surface area is 160 Å². The van der Waals surface area contributed by atoms with Crippen LogP contribution in [0.3, 0.4) is 0 Å². The number of carbonyl (C=O) groups is 1. The van der Waals surface area contributed by atoms with E-state index < -0.39 is 0 Å². The second-order valence-electron chi connectivity index (χ2n) is 8.09. The zero-order valence-corrected chi connectivity index (χ0v) is 16.4. The third-order valence-electron chi connectivity index (χ3n) is 4.96. The molecule has 1 fully saturated rings. The van der Waals surface area contributed by atoms with Crippen molar-refractivity contribution in [3.05, 3.63) is 63.8 Å². The average molecular weight is 368 g/mol. The number of amides is 1. The minimum absolute atomic E-state index is 0.126. The predicted octanol–water partition coefficient (Wildman–Crippen LogP) is 2.07. The van der Waals surface area contributed by atoms with Crippen molar-refractivity contribution in [1.29, 1.82) is 0 Å². The SMILES string of the molecule is CC(C)(C)c1ncc(C(=O)N2CCN(CCc3ccccc3)CC2)c(=O)[nH]1. The number of benzene rings is 1. The van der Waals surface area contributed by atoms with Crippen LogP contribution >= 0.6 is 0 Å². The molecule has 1 N–H and O–H groups in total. The van der Waals surface area contributed by atoms with Gasteiger partial charge in [-0.25, -0.2) is 4.98 Å². The summed E-state index contributed by atoms with van der Waals surface area (Å²) in [5, 5.41) is 0. The van der Waals surface area contributed by atoms with Gasteiger partial charge >= 0.3 is 0 Å². The van der Waals surface area contributed by atoms with Gasteiger partial charge in [-0.2, -0.15) is 0 Å². The highest BCUT2D eigenvalue weighted by Crippen LogP contribution is 2.16. The van der Waals surface area contributed by atoms with Crippen LogP contribution < -0.4 is 5.56 Å². The summed E-state index contributed by atoms with van der Waals surface area (Å²) in [6.45, 7) is 9.81. The number of nitrogens with zero attached hydrogens (tertiary/aromatic N) is 3. The van der Waals surface area contributed by atoms with Crippen molar-refractivity contribution in [2.45, 2.75) is 32.6 Å². The fraction of sp³-hybridized carbons (Fsp3) is 0.476. The Bertz CT molecular complexity index is 831. The van der Waals surface area contributed by atoms with Gasteiger partial charge < -0.3 is 9.88 Å². The molecule has 1 aliphatic heterocycles. The Balaban J connectivity index is 1.56. The van der Waals surface area contributed by atoms with Gasteiger partial charge in [0, 0.05) is 44.3 Å². The maximum Gasteiger partial charge on any atom is 0.263 e. The monoisotopic (exact) mass is 368 g/mol. The summed E-state index contributed by atoms with van der Waals surface area (Å²) in [6, 6.07) is 10.4. The number of aromatic amines is 1. The maximum atomic E-state index is 12.7. The molecule has 1 aromatic heterocycles. The lowest BCUT2D eigenvalue weighted by Gasteiger charge is -2.34. The molecule has 0 unspecified atom stereocenters. The number of H-pyrrole nitrogens is 1. The van der Waals surface area contributed by atoms with E-state index in [4.69, 9.17) is 0 Å². The molecule has 0 bridgehead atoms. The summed E-state index contributed by atoms with van der Waals surface area (Å²) in [5.74, 6) is 0.363. The normalized spacial score (nSPS) is 15.7. The third kappa shape index (κ3) is 4.83. The van der Waals surface area contributed by atoms with Gasteiger partial charge in [-0.1, -0.05) is 51.1 Å². The molecular formula is C21H28N4O2. The average Bonchev–Trinajstić information content (AvgIpc) is 2.66. The van der Waals surface area contributed by atoms with Crippen LogP contribution in [-0.4, -0.2) is 58.4 Å². The van der Waals surface area contributed by atoms with Gasteiger partial charge in [-0.15, -0.1) is 0 Å². The van der Waals surface area contributed by atoms with Crippen molar-refractivity contribution < 1.29 is 4.79 Å². The molecule has 6 heteroatoms. The molecule has 0 spiro atoms. The highest BCUT2D eigenvalue weighted by atomic mass is 16.2. The van der Waals surface area contributed by atoms with Crippen molar-refractivity contribution in [3.63, 3.8) is 0 Å². The highest BCUT2D eigenvalue weighted by molar-refractivity contribution is 5.93. The molecule has 1 saturated heterocycles. The highest BCUT2D eigenvalue weighted by Gasteiger charge is 2.25. The Hall–Kier alpha value is -2.47. The zero-order chi connectivity index (χ0) is 19.4. The van der Waals surface area contributed by atoms with Crippen molar-refractivity contribution >= 4 is 5.91 Å². The standard InChI is InChI=1S/C21H28N4O2/c1-21(2,3)20-22-15-17(18(26)23-20)19(27)25-13-11-24(12-14-25)10-9-16-7-5-4-6-8-16/h4-8,15H,9-14H2,1-3H3,(H,22,23,26). The van der Waals surface area contributed by atoms with E-state index in [9.17, 15) is 9.59 Å². The van der Waals surface area contributed by atoms with E-state index in [-0.39, 0.29) is 22.4 Å². The molecule has 0 saturated carbocycles. The Morgan fingerprint density at radius 2 is 1.78 bits per heavy atom. The van der Waals surface area contributed by atoms with Gasteiger partial charge in [-0.05, 0) is 12.0 Å². The van der Waals surface area contributed by atoms with Crippen LogP contribution in [0.2, 0.25) is 0 Å². The van der Waals surface area contributed by atoms with Crippen LogP contribution in [0.4, 0.5) is 0 Å². The van der Waals surface area contributed by atoms with Gasteiger partial charge in [0.05, 0.1) is 0 Å². The number of aromatic nitrogens is 2. The van der Waals surface area contributed by atoms with Gasteiger partial charge in [0.1, 0.15) is 11.4 Å². The minimum Gasteiger partial charge on any atom is -0.336 e. The second-order valence-corrected chi connectivity index (χ2v) is 8.09. The molecule has 2 aromatic rings. The number of hydrogen-bond acceptors (Lipinski definition) is 4. The van der Waals surface area contributed by atoms with Crippen LogP contribution in [0.25, 0.3) is 0 Å². The van der Waals surface area contributed by atoms with Crippen molar-refractivity contribution in [2.24, 2.45) is 0 Å². The largest absolute Gasteiger partial charge is 0.336 e. The topological polar surface area (TPSA) is 69.3 Å². The Morgan fingerprint density at radius 3 is 2.37 bits per heavy atom. The number of carbonyl (C=O) groups excluding carboxylic acids is 1. The summed E-state index contributed by atoms with van der Waals surface area (Å²) in [7, 11) is 0. The zero-order valence-electron chi connectivity index (χ0n) is 16.4. The van der Waals surface area contributed by atoms with Crippen LogP contribution in [0.1, 0.15) is 42.5 Å². The summed E-state index contributed by atoms with van der Waals surface area (Å²) >= 11 is 0. The maximum absolute atomic E-state index is 12.7. The first kappa shape index (κ1) is 19.3. The predicted molar refractivity (Wildman–Crippen MR) is 106 cm³/mol. The summed E-state index contributed by atoms with van der Waals surface area (Å²) in [5.41, 5.74) is 0.838. The van der Waals surface area contributed by atoms with E-state index in [2.05, 4.69) is 39.1 Å². The fourth-order valence-corrected chi connectivity index (χ4v) is 3.21. The van der Waals surface area contributed by atoms with E-state index in [1.807, 2.05) is 26.8 Å². The van der Waals surface area contributed by atoms with Gasteiger partial charge in [0.2, 0.25) is 0 Å². The van der Waals surface area contributed by atoms with E-state index in [1.54, 1.807) is 4.90 Å². The van der Waals surface area contributed by atoms with E-state index in [0.29, 0.717) is 18.9 Å². The number of hydrogen-bond donors (Lipinski definition) is 1. The first-order chi connectivity index (χ1) is 12.8. The molecule has 2 heterocycles. The van der Waals surface area contributed by atoms with Gasteiger partial charge in [0.15, 0.2) is 0 Å². The van der Waals surface area contributed by atoms with E-state index in [0.717, 1.165) is 26.1 Å². The molecule has 0 atom stereocenters. The van der Waals surface area contributed by atoms with Gasteiger partial charge in [-0.3, -0.25) is 14.5 Å². The Kier molecular flexibility index (Phi) is 5.75. The number of rotatable bonds is 4. The smallest absolute Gasteiger partial charge is 0.263 e. The molecule has 1 amide bonds. The quantitative estimate of drug-likeness (QED) is 0.897. The molecule has 27 heavy (non-hydrogen) atoms. The first-order valence-electron chi connectivity index (χ1n) is 9.50. The Morgan fingerprint density at radius 1 is 1.11 bits per heavy atom. The lowest BCUT2D eigenvalue weighted by Crippen LogP contribution is -2.50. The van der Waals surface area contributed by atoms with E-state index >= 15 is 0 Å². The number of piperazine rings is 1. The number of nitrogens with one attached hydrogen (secondary N) is 1. The van der Waals surface area contributed by atoms with Crippen LogP contribution in [0.5, 0.6) is 0 Å². The minimum atomic E-state index is -0.355. The van der Waals surface area contributed by atoms with Crippen LogP contribution in [0.15, 0.2) is 41.3 Å². The van der Waals surface area contributed by atoms with E-state index in [1.165, 1.54) is 11.8 Å². The first-order valence-corrected chi connectivity index (χ1v) is 9.50. The summed E-state index contributed by atoms with van der Waals surface area (Å²) in [6.07, 6.45) is 2.43. The van der Waals surface area contributed by atoms with Crippen molar-refractivity contribution in [1.82, 2.24) is 19.8 Å². The van der Waals surface area contributed by atoms with Crippen molar-refractivity contribution in [3.8, 4) is 0 Å². The third-order valence-corrected chi connectivity index (χ3v) is 4.96.